The molecule has 1 atom stereocenters. The van der Waals surface area contributed by atoms with E-state index >= 15 is 0 Å². The second-order valence-electron chi connectivity index (χ2n) is 4.89. The molecule has 8 heteroatoms. The molecule has 0 spiro atoms. The standard InChI is InChI=1S/C13H19N5O2S/c1-4-9-14-10(2)13-15-16-17-18(13)11-5-7-12(8-6-11)21(3,19)20/h5-8,10,14H,4,9H2,1-3H3. The molecule has 1 heterocycles. The lowest BCUT2D eigenvalue weighted by molar-refractivity contribution is 0.531. The first-order valence-corrected chi connectivity index (χ1v) is 8.64. The molecule has 2 aromatic rings. The first-order valence-electron chi connectivity index (χ1n) is 6.75. The highest BCUT2D eigenvalue weighted by Gasteiger charge is 2.15. The lowest BCUT2D eigenvalue weighted by Crippen LogP contribution is -2.22. The van der Waals surface area contributed by atoms with Crippen LogP contribution in [0.25, 0.3) is 5.69 Å². The SMILES string of the molecule is CCCNC(C)c1nnnn1-c1ccc(S(C)(=O)=O)cc1. The summed E-state index contributed by atoms with van der Waals surface area (Å²) in [6, 6.07) is 6.51. The van der Waals surface area contributed by atoms with Crippen LogP contribution < -0.4 is 5.32 Å². The van der Waals surface area contributed by atoms with Crippen LogP contribution in [0.15, 0.2) is 29.2 Å². The number of sulfone groups is 1. The molecule has 0 aliphatic rings. The van der Waals surface area contributed by atoms with Crippen molar-refractivity contribution in [2.45, 2.75) is 31.2 Å². The van der Waals surface area contributed by atoms with Crippen LogP contribution in [0.2, 0.25) is 0 Å². The van der Waals surface area contributed by atoms with Crippen molar-refractivity contribution in [3.63, 3.8) is 0 Å². The number of tetrazole rings is 1. The molecule has 0 aliphatic carbocycles. The largest absolute Gasteiger partial charge is 0.307 e. The van der Waals surface area contributed by atoms with Gasteiger partial charge in [-0.25, -0.2) is 8.42 Å². The van der Waals surface area contributed by atoms with E-state index in [9.17, 15) is 8.42 Å². The minimum Gasteiger partial charge on any atom is -0.307 e. The van der Waals surface area contributed by atoms with E-state index in [-0.39, 0.29) is 10.9 Å². The van der Waals surface area contributed by atoms with E-state index in [1.807, 2.05) is 6.92 Å². The van der Waals surface area contributed by atoms with Crippen molar-refractivity contribution < 1.29 is 8.42 Å². The average molecular weight is 309 g/mol. The Morgan fingerprint density at radius 1 is 1.29 bits per heavy atom. The summed E-state index contributed by atoms with van der Waals surface area (Å²) < 4.78 is 24.5. The minimum atomic E-state index is -3.20. The molecule has 1 aromatic heterocycles. The van der Waals surface area contributed by atoms with Crippen molar-refractivity contribution in [2.24, 2.45) is 0 Å². The van der Waals surface area contributed by atoms with E-state index in [1.165, 1.54) is 6.26 Å². The smallest absolute Gasteiger partial charge is 0.175 e. The Balaban J connectivity index is 2.29. The Morgan fingerprint density at radius 3 is 2.52 bits per heavy atom. The van der Waals surface area contributed by atoms with E-state index in [0.717, 1.165) is 18.7 Å². The third-order valence-electron chi connectivity index (χ3n) is 3.09. The van der Waals surface area contributed by atoms with Crippen molar-refractivity contribution in [2.75, 3.05) is 12.8 Å². The fourth-order valence-corrected chi connectivity index (χ4v) is 2.57. The zero-order chi connectivity index (χ0) is 15.5. The van der Waals surface area contributed by atoms with Crippen LogP contribution in [0.3, 0.4) is 0 Å². The highest BCUT2D eigenvalue weighted by atomic mass is 32.2. The molecule has 0 saturated heterocycles. The van der Waals surface area contributed by atoms with E-state index in [0.29, 0.717) is 5.82 Å². The molecule has 2 rings (SSSR count). The van der Waals surface area contributed by atoms with E-state index in [1.54, 1.807) is 28.9 Å². The van der Waals surface area contributed by atoms with Crippen molar-refractivity contribution in [1.82, 2.24) is 25.5 Å². The third-order valence-corrected chi connectivity index (χ3v) is 4.22. The summed E-state index contributed by atoms with van der Waals surface area (Å²) in [4.78, 5) is 0.276. The zero-order valence-corrected chi connectivity index (χ0v) is 13.1. The average Bonchev–Trinajstić information content (AvgIpc) is 2.93. The van der Waals surface area contributed by atoms with Gasteiger partial charge in [0.2, 0.25) is 0 Å². The maximum absolute atomic E-state index is 11.5. The molecule has 0 amide bonds. The Labute approximate surface area is 124 Å². The first-order chi connectivity index (χ1) is 9.93. The van der Waals surface area contributed by atoms with Crippen LogP contribution in [0.5, 0.6) is 0 Å². The van der Waals surface area contributed by atoms with Gasteiger partial charge in [-0.05, 0) is 54.6 Å². The summed E-state index contributed by atoms with van der Waals surface area (Å²) in [6.45, 7) is 4.95. The predicted molar refractivity (Wildman–Crippen MR) is 79.0 cm³/mol. The second kappa shape index (κ2) is 6.31. The van der Waals surface area contributed by atoms with Gasteiger partial charge >= 0.3 is 0 Å². The van der Waals surface area contributed by atoms with E-state index in [4.69, 9.17) is 0 Å². The van der Waals surface area contributed by atoms with Gasteiger partial charge < -0.3 is 5.32 Å². The highest BCUT2D eigenvalue weighted by Crippen LogP contribution is 2.16. The molecular weight excluding hydrogens is 290 g/mol. The summed E-state index contributed by atoms with van der Waals surface area (Å²) >= 11 is 0. The van der Waals surface area contributed by atoms with Crippen molar-refractivity contribution in [3.05, 3.63) is 30.1 Å². The predicted octanol–water partition coefficient (Wildman–Crippen LogP) is 1.13. The normalized spacial score (nSPS) is 13.3. The molecule has 21 heavy (non-hydrogen) atoms. The van der Waals surface area contributed by atoms with Crippen molar-refractivity contribution in [3.8, 4) is 5.69 Å². The molecule has 0 radical (unpaired) electrons. The number of aromatic nitrogens is 4. The molecular formula is C13H19N5O2S. The van der Waals surface area contributed by atoms with Gasteiger partial charge in [0.25, 0.3) is 0 Å². The molecule has 1 N–H and O–H groups in total. The fraction of sp³-hybridized carbons (Fsp3) is 0.462. The Kier molecular flexibility index (Phi) is 4.69. The number of nitrogens with one attached hydrogen (secondary N) is 1. The summed E-state index contributed by atoms with van der Waals surface area (Å²) in [6.07, 6.45) is 2.20. The van der Waals surface area contributed by atoms with Gasteiger partial charge in [-0.15, -0.1) is 5.10 Å². The van der Waals surface area contributed by atoms with Crippen molar-refractivity contribution in [1.29, 1.82) is 0 Å². The molecule has 0 bridgehead atoms. The van der Waals surface area contributed by atoms with Gasteiger partial charge in [-0.3, -0.25) is 0 Å². The Morgan fingerprint density at radius 2 is 1.95 bits per heavy atom. The fourth-order valence-electron chi connectivity index (χ4n) is 1.93. The summed E-state index contributed by atoms with van der Waals surface area (Å²) in [5.74, 6) is 0.690. The van der Waals surface area contributed by atoms with Gasteiger partial charge in [0.05, 0.1) is 16.6 Å². The monoisotopic (exact) mass is 309 g/mol. The maximum atomic E-state index is 11.5. The number of benzene rings is 1. The van der Waals surface area contributed by atoms with Gasteiger partial charge in [0, 0.05) is 6.26 Å². The number of hydrogen-bond donors (Lipinski definition) is 1. The maximum Gasteiger partial charge on any atom is 0.175 e. The molecule has 0 aliphatic heterocycles. The molecule has 0 fully saturated rings. The minimum absolute atomic E-state index is 0.00883. The van der Waals surface area contributed by atoms with Crippen LogP contribution in [-0.4, -0.2) is 41.4 Å². The van der Waals surface area contributed by atoms with Crippen molar-refractivity contribution >= 4 is 9.84 Å². The molecule has 114 valence electrons. The van der Waals surface area contributed by atoms with Gasteiger partial charge in [-0.1, -0.05) is 6.92 Å². The van der Waals surface area contributed by atoms with Gasteiger partial charge in [0.1, 0.15) is 0 Å². The molecule has 0 saturated carbocycles. The lowest BCUT2D eigenvalue weighted by Gasteiger charge is -2.13. The number of hydrogen-bond acceptors (Lipinski definition) is 6. The van der Waals surface area contributed by atoms with E-state index < -0.39 is 9.84 Å². The summed E-state index contributed by atoms with van der Waals surface area (Å²) in [5.41, 5.74) is 0.729. The zero-order valence-electron chi connectivity index (χ0n) is 12.3. The van der Waals surface area contributed by atoms with Crippen LogP contribution in [0, 0.1) is 0 Å². The Bertz CT molecular complexity index is 694. The highest BCUT2D eigenvalue weighted by molar-refractivity contribution is 7.90. The number of rotatable bonds is 6. The first kappa shape index (κ1) is 15.6. The summed E-state index contributed by atoms with van der Waals surface area (Å²) in [5, 5.41) is 15.0. The number of nitrogens with zero attached hydrogens (tertiary/aromatic N) is 4. The van der Waals surface area contributed by atoms with Crippen LogP contribution in [-0.2, 0) is 9.84 Å². The molecule has 1 aromatic carbocycles. The topological polar surface area (TPSA) is 89.8 Å². The lowest BCUT2D eigenvalue weighted by atomic mass is 10.2. The van der Waals surface area contributed by atoms with E-state index in [2.05, 4.69) is 27.8 Å². The summed E-state index contributed by atoms with van der Waals surface area (Å²) in [7, 11) is -3.20. The van der Waals surface area contributed by atoms with Crippen LogP contribution in [0.4, 0.5) is 0 Å². The third kappa shape index (κ3) is 3.64. The van der Waals surface area contributed by atoms with Gasteiger partial charge in [-0.2, -0.15) is 4.68 Å². The van der Waals surface area contributed by atoms with Crippen LogP contribution in [0.1, 0.15) is 32.1 Å². The van der Waals surface area contributed by atoms with Crippen LogP contribution >= 0.6 is 0 Å². The Hall–Kier alpha value is -1.80. The molecule has 1 unspecified atom stereocenters. The van der Waals surface area contributed by atoms with Gasteiger partial charge in [0.15, 0.2) is 15.7 Å². The quantitative estimate of drug-likeness (QED) is 0.860. The second-order valence-corrected chi connectivity index (χ2v) is 6.91. The molecule has 7 nitrogen and oxygen atoms in total.